The van der Waals surface area contributed by atoms with Crippen LogP contribution in [0.15, 0.2) is 42.5 Å². The Morgan fingerprint density at radius 3 is 2.71 bits per heavy atom. The van der Waals surface area contributed by atoms with Gasteiger partial charge in [0.1, 0.15) is 0 Å². The highest BCUT2D eigenvalue weighted by Gasteiger charge is 2.14. The van der Waals surface area contributed by atoms with Crippen molar-refractivity contribution >= 4 is 0 Å². The van der Waals surface area contributed by atoms with Gasteiger partial charge in [-0.05, 0) is 18.9 Å². The summed E-state index contributed by atoms with van der Waals surface area (Å²) in [6.07, 6.45) is 5.74. The van der Waals surface area contributed by atoms with Gasteiger partial charge >= 0.3 is 0 Å². The van der Waals surface area contributed by atoms with E-state index in [0.29, 0.717) is 6.04 Å². The average molecular weight is 187 g/mol. The van der Waals surface area contributed by atoms with Crippen LogP contribution in [0.25, 0.3) is 0 Å². The molecule has 0 fully saturated rings. The lowest BCUT2D eigenvalue weighted by atomic mass is 10.1. The maximum atomic E-state index is 2.51. The van der Waals surface area contributed by atoms with Crippen LogP contribution in [-0.4, -0.2) is 17.5 Å². The molecule has 1 aromatic rings. The molecule has 1 heteroatoms. The van der Waals surface area contributed by atoms with Crippen molar-refractivity contribution in [1.29, 1.82) is 0 Å². The second-order valence-corrected chi connectivity index (χ2v) is 3.97. The molecule has 0 saturated heterocycles. The van der Waals surface area contributed by atoms with E-state index in [4.69, 9.17) is 0 Å². The molecule has 74 valence electrons. The first-order valence-corrected chi connectivity index (χ1v) is 5.29. The van der Waals surface area contributed by atoms with Crippen molar-refractivity contribution in [3.05, 3.63) is 48.0 Å². The summed E-state index contributed by atoms with van der Waals surface area (Å²) in [5.41, 5.74) is 1.41. The Morgan fingerprint density at radius 2 is 2.00 bits per heavy atom. The number of hydrogen-bond acceptors (Lipinski definition) is 1. The summed E-state index contributed by atoms with van der Waals surface area (Å²) >= 11 is 0. The molecule has 0 aliphatic carbocycles. The Bertz CT molecular complexity index is 302. The van der Waals surface area contributed by atoms with Crippen molar-refractivity contribution in [2.24, 2.45) is 0 Å². The summed E-state index contributed by atoms with van der Waals surface area (Å²) in [6, 6.07) is 11.4. The summed E-state index contributed by atoms with van der Waals surface area (Å²) in [4.78, 5) is 2.51. The molecule has 1 aromatic carbocycles. The van der Waals surface area contributed by atoms with Crippen molar-refractivity contribution < 1.29 is 0 Å². The molecule has 0 amide bonds. The van der Waals surface area contributed by atoms with Crippen LogP contribution in [0.3, 0.4) is 0 Å². The highest BCUT2D eigenvalue weighted by Crippen LogP contribution is 2.14. The van der Waals surface area contributed by atoms with Crippen LogP contribution in [0.4, 0.5) is 0 Å². The lowest BCUT2D eigenvalue weighted by molar-refractivity contribution is 0.214. The maximum Gasteiger partial charge on any atom is 0.0239 e. The quantitative estimate of drug-likeness (QED) is 0.643. The Hall–Kier alpha value is -1.08. The van der Waals surface area contributed by atoms with E-state index in [1.165, 1.54) is 12.0 Å². The van der Waals surface area contributed by atoms with Crippen molar-refractivity contribution in [2.75, 3.05) is 6.54 Å². The molecular formula is C13H17N. The molecule has 2 rings (SSSR count). The van der Waals surface area contributed by atoms with E-state index in [2.05, 4.69) is 54.3 Å². The zero-order chi connectivity index (χ0) is 9.80. The van der Waals surface area contributed by atoms with Crippen LogP contribution < -0.4 is 0 Å². The van der Waals surface area contributed by atoms with E-state index >= 15 is 0 Å². The number of nitrogens with zero attached hydrogens (tertiary/aromatic N) is 1. The van der Waals surface area contributed by atoms with Gasteiger partial charge in [-0.2, -0.15) is 0 Å². The third kappa shape index (κ3) is 2.24. The highest BCUT2D eigenvalue weighted by atomic mass is 15.1. The minimum atomic E-state index is 0.681. The first-order chi connectivity index (χ1) is 6.86. The molecule has 1 atom stereocenters. The zero-order valence-corrected chi connectivity index (χ0v) is 8.69. The first kappa shape index (κ1) is 9.47. The van der Waals surface area contributed by atoms with Gasteiger partial charge < -0.3 is 0 Å². The summed E-state index contributed by atoms with van der Waals surface area (Å²) in [5, 5.41) is 0. The van der Waals surface area contributed by atoms with Crippen LogP contribution in [0.1, 0.15) is 18.9 Å². The van der Waals surface area contributed by atoms with Crippen LogP contribution in [0.5, 0.6) is 0 Å². The molecule has 1 aliphatic heterocycles. The van der Waals surface area contributed by atoms with Crippen molar-refractivity contribution in [3.63, 3.8) is 0 Å². The fourth-order valence-corrected chi connectivity index (χ4v) is 1.87. The van der Waals surface area contributed by atoms with Gasteiger partial charge in [0.2, 0.25) is 0 Å². The van der Waals surface area contributed by atoms with Gasteiger partial charge in [0.25, 0.3) is 0 Å². The second kappa shape index (κ2) is 4.43. The van der Waals surface area contributed by atoms with E-state index < -0.39 is 0 Å². The summed E-state index contributed by atoms with van der Waals surface area (Å²) in [6.45, 7) is 4.47. The average Bonchev–Trinajstić information content (AvgIpc) is 2.23. The van der Waals surface area contributed by atoms with E-state index in [-0.39, 0.29) is 0 Å². The SMILES string of the molecule is C[C@H]1CC=CCN1Cc1ccccc1. The fourth-order valence-electron chi connectivity index (χ4n) is 1.87. The molecule has 14 heavy (non-hydrogen) atoms. The Kier molecular flexibility index (Phi) is 3.00. The number of hydrogen-bond donors (Lipinski definition) is 0. The second-order valence-electron chi connectivity index (χ2n) is 3.97. The standard InChI is InChI=1S/C13H17N/c1-12-7-5-6-10-14(12)11-13-8-3-2-4-9-13/h2-6,8-9,12H,7,10-11H2,1H3/t12-/m0/s1. The molecule has 1 aliphatic rings. The summed E-state index contributed by atoms with van der Waals surface area (Å²) in [5.74, 6) is 0. The summed E-state index contributed by atoms with van der Waals surface area (Å²) in [7, 11) is 0. The predicted octanol–water partition coefficient (Wildman–Crippen LogP) is 2.84. The smallest absolute Gasteiger partial charge is 0.0239 e. The zero-order valence-electron chi connectivity index (χ0n) is 8.69. The van der Waals surface area contributed by atoms with Gasteiger partial charge in [-0.25, -0.2) is 0 Å². The molecule has 1 nitrogen and oxygen atoms in total. The van der Waals surface area contributed by atoms with Crippen LogP contribution in [0, 0.1) is 0 Å². The van der Waals surface area contributed by atoms with E-state index in [1.807, 2.05) is 0 Å². The lowest BCUT2D eigenvalue weighted by Gasteiger charge is -2.30. The Morgan fingerprint density at radius 1 is 1.21 bits per heavy atom. The Balaban J connectivity index is 2.00. The molecule has 1 heterocycles. The topological polar surface area (TPSA) is 3.24 Å². The Labute approximate surface area is 86.1 Å². The monoisotopic (exact) mass is 187 g/mol. The van der Waals surface area contributed by atoms with Crippen LogP contribution >= 0.6 is 0 Å². The third-order valence-corrected chi connectivity index (χ3v) is 2.84. The number of rotatable bonds is 2. The largest absolute Gasteiger partial charge is 0.292 e. The van der Waals surface area contributed by atoms with Crippen molar-refractivity contribution in [3.8, 4) is 0 Å². The van der Waals surface area contributed by atoms with Gasteiger partial charge in [0, 0.05) is 19.1 Å². The summed E-state index contributed by atoms with van der Waals surface area (Å²) < 4.78 is 0. The normalized spacial score (nSPS) is 22.5. The van der Waals surface area contributed by atoms with E-state index in [1.54, 1.807) is 0 Å². The predicted molar refractivity (Wildman–Crippen MR) is 60.1 cm³/mol. The van der Waals surface area contributed by atoms with E-state index in [9.17, 15) is 0 Å². The van der Waals surface area contributed by atoms with Gasteiger partial charge in [0.15, 0.2) is 0 Å². The molecular weight excluding hydrogens is 170 g/mol. The van der Waals surface area contributed by atoms with Gasteiger partial charge in [-0.3, -0.25) is 4.90 Å². The van der Waals surface area contributed by atoms with Crippen molar-refractivity contribution in [2.45, 2.75) is 25.9 Å². The molecule has 0 N–H and O–H groups in total. The van der Waals surface area contributed by atoms with Gasteiger partial charge in [-0.1, -0.05) is 42.5 Å². The molecule has 0 spiro atoms. The highest BCUT2D eigenvalue weighted by molar-refractivity contribution is 5.15. The molecule has 0 bridgehead atoms. The molecule has 0 unspecified atom stereocenters. The van der Waals surface area contributed by atoms with Crippen LogP contribution in [-0.2, 0) is 6.54 Å². The fraction of sp³-hybridized carbons (Fsp3) is 0.385. The van der Waals surface area contributed by atoms with Crippen molar-refractivity contribution in [1.82, 2.24) is 4.90 Å². The maximum absolute atomic E-state index is 2.51. The molecule has 0 aromatic heterocycles. The third-order valence-electron chi connectivity index (χ3n) is 2.84. The lowest BCUT2D eigenvalue weighted by Crippen LogP contribution is -2.34. The minimum Gasteiger partial charge on any atom is -0.292 e. The van der Waals surface area contributed by atoms with Gasteiger partial charge in [0.05, 0.1) is 0 Å². The molecule has 0 radical (unpaired) electrons. The van der Waals surface area contributed by atoms with E-state index in [0.717, 1.165) is 13.1 Å². The van der Waals surface area contributed by atoms with Crippen LogP contribution in [0.2, 0.25) is 0 Å². The first-order valence-electron chi connectivity index (χ1n) is 5.29. The molecule has 0 saturated carbocycles. The minimum absolute atomic E-state index is 0.681. The van der Waals surface area contributed by atoms with Gasteiger partial charge in [-0.15, -0.1) is 0 Å². The number of benzene rings is 1.